The summed E-state index contributed by atoms with van der Waals surface area (Å²) in [6, 6.07) is 6.10. The van der Waals surface area contributed by atoms with Gasteiger partial charge in [0.1, 0.15) is 8.24 Å². The fraction of sp³-hybridized carbons (Fsp3) is 0.615. The van der Waals surface area contributed by atoms with Crippen LogP contribution in [0.5, 0.6) is 0 Å². The Morgan fingerprint density at radius 3 is 2.44 bits per heavy atom. The van der Waals surface area contributed by atoms with Crippen LogP contribution in [0.15, 0.2) is 24.4 Å². The first-order chi connectivity index (χ1) is 7.33. The van der Waals surface area contributed by atoms with E-state index in [2.05, 4.69) is 56.0 Å². The first-order valence-corrected chi connectivity index (χ1v) is 8.98. The largest absolute Gasteiger partial charge is 0.337 e. The zero-order valence-corrected chi connectivity index (χ0v) is 12.2. The molecule has 0 spiro atoms. The predicted molar refractivity (Wildman–Crippen MR) is 73.1 cm³/mol. The molecule has 0 aliphatic rings. The van der Waals surface area contributed by atoms with Crippen LogP contribution in [0.1, 0.15) is 26.5 Å². The van der Waals surface area contributed by atoms with Crippen LogP contribution in [0.2, 0.25) is 18.1 Å². The van der Waals surface area contributed by atoms with E-state index in [0.29, 0.717) is 5.04 Å². The van der Waals surface area contributed by atoms with Crippen LogP contribution in [-0.2, 0) is 6.42 Å². The molecule has 0 aliphatic carbocycles. The highest BCUT2D eigenvalue weighted by Gasteiger charge is 2.34. The van der Waals surface area contributed by atoms with Crippen molar-refractivity contribution >= 4 is 8.24 Å². The van der Waals surface area contributed by atoms with Crippen LogP contribution in [0.3, 0.4) is 0 Å². The van der Waals surface area contributed by atoms with Crippen molar-refractivity contribution in [2.24, 2.45) is 0 Å². The minimum absolute atomic E-state index is 0.400. The Hall–Kier alpha value is -0.673. The normalized spacial score (nSPS) is 12.8. The van der Waals surface area contributed by atoms with Gasteiger partial charge in [-0.3, -0.25) is 4.98 Å². The maximum Gasteiger partial charge on any atom is 0.124 e. The maximum absolute atomic E-state index is 4.34. The second-order valence-corrected chi connectivity index (χ2v) is 11.0. The molecule has 1 N–H and O–H groups in total. The molecule has 16 heavy (non-hydrogen) atoms. The van der Waals surface area contributed by atoms with E-state index in [1.807, 2.05) is 12.3 Å². The number of rotatable bonds is 4. The summed E-state index contributed by atoms with van der Waals surface area (Å²) in [5.74, 6) is 0. The third kappa shape index (κ3) is 3.72. The van der Waals surface area contributed by atoms with Crippen LogP contribution in [-0.4, -0.2) is 19.8 Å². The molecule has 0 amide bonds. The van der Waals surface area contributed by atoms with Gasteiger partial charge in [-0.25, -0.2) is 0 Å². The summed E-state index contributed by atoms with van der Waals surface area (Å²) in [6.07, 6.45) is 2.88. The molecule has 1 aromatic rings. The van der Waals surface area contributed by atoms with E-state index in [1.54, 1.807) is 0 Å². The third-order valence-electron chi connectivity index (χ3n) is 3.55. The molecule has 0 aliphatic heterocycles. The average Bonchev–Trinajstić information content (AvgIpc) is 2.17. The van der Waals surface area contributed by atoms with E-state index in [1.165, 1.54) is 5.69 Å². The summed E-state index contributed by atoms with van der Waals surface area (Å²) in [5, 5.41) is 0.400. The highest BCUT2D eigenvalue weighted by atomic mass is 28.3. The second-order valence-electron chi connectivity index (χ2n) is 5.87. The second kappa shape index (κ2) is 5.10. The van der Waals surface area contributed by atoms with Crippen molar-refractivity contribution < 1.29 is 0 Å². The van der Waals surface area contributed by atoms with Crippen LogP contribution >= 0.6 is 0 Å². The van der Waals surface area contributed by atoms with Crippen molar-refractivity contribution in [1.29, 1.82) is 0 Å². The molecule has 90 valence electrons. The number of hydrogen-bond donors (Lipinski definition) is 1. The Kier molecular flexibility index (Phi) is 4.27. The molecular weight excluding hydrogens is 212 g/mol. The van der Waals surface area contributed by atoms with Gasteiger partial charge in [-0.05, 0) is 23.7 Å². The van der Waals surface area contributed by atoms with E-state index in [0.717, 1.165) is 13.0 Å². The maximum atomic E-state index is 4.34. The smallest absolute Gasteiger partial charge is 0.124 e. The van der Waals surface area contributed by atoms with Crippen molar-refractivity contribution in [3.63, 3.8) is 0 Å². The number of hydrogen-bond acceptors (Lipinski definition) is 2. The monoisotopic (exact) mass is 236 g/mol. The number of nitrogens with zero attached hydrogens (tertiary/aromatic N) is 1. The molecule has 0 unspecified atom stereocenters. The molecule has 0 aromatic carbocycles. The first kappa shape index (κ1) is 13.4. The Bertz CT molecular complexity index is 314. The topological polar surface area (TPSA) is 24.9 Å². The molecule has 0 radical (unpaired) electrons. The predicted octanol–water partition coefficient (Wildman–Crippen LogP) is 3.22. The number of pyridine rings is 1. The Balaban J connectivity index is 2.42. The van der Waals surface area contributed by atoms with E-state index < -0.39 is 8.24 Å². The lowest BCUT2D eigenvalue weighted by Gasteiger charge is -2.37. The van der Waals surface area contributed by atoms with E-state index >= 15 is 0 Å². The lowest BCUT2D eigenvalue weighted by Crippen LogP contribution is -2.52. The van der Waals surface area contributed by atoms with Crippen molar-refractivity contribution in [2.75, 3.05) is 6.54 Å². The van der Waals surface area contributed by atoms with Crippen molar-refractivity contribution in [3.8, 4) is 0 Å². The van der Waals surface area contributed by atoms with Crippen LogP contribution in [0.25, 0.3) is 0 Å². The van der Waals surface area contributed by atoms with Gasteiger partial charge in [-0.1, -0.05) is 39.9 Å². The average molecular weight is 236 g/mol. The van der Waals surface area contributed by atoms with Gasteiger partial charge in [0, 0.05) is 18.3 Å². The molecule has 0 saturated heterocycles. The molecule has 1 aromatic heterocycles. The standard InChI is InChI=1S/C13H24N2Si/c1-13(2,3)16(4,5)15-11-9-12-8-6-7-10-14-12/h6-8,10,15H,9,11H2,1-5H3. The van der Waals surface area contributed by atoms with Crippen molar-refractivity contribution in [2.45, 2.75) is 45.3 Å². The molecule has 0 bridgehead atoms. The molecule has 0 saturated carbocycles. The van der Waals surface area contributed by atoms with Crippen LogP contribution in [0.4, 0.5) is 0 Å². The van der Waals surface area contributed by atoms with Gasteiger partial charge in [0.05, 0.1) is 0 Å². The molecule has 3 heteroatoms. The summed E-state index contributed by atoms with van der Waals surface area (Å²) < 4.78 is 0. The third-order valence-corrected chi connectivity index (χ3v) is 8.43. The molecule has 0 fully saturated rings. The van der Waals surface area contributed by atoms with Crippen LogP contribution < -0.4 is 4.98 Å². The first-order valence-electron chi connectivity index (χ1n) is 5.98. The highest BCUT2D eigenvalue weighted by molar-refractivity contribution is 6.77. The van der Waals surface area contributed by atoms with Gasteiger partial charge in [-0.15, -0.1) is 0 Å². The van der Waals surface area contributed by atoms with Crippen molar-refractivity contribution in [1.82, 2.24) is 9.97 Å². The zero-order chi connectivity index (χ0) is 12.2. The Labute approximate surface area is 101 Å². The van der Waals surface area contributed by atoms with Gasteiger partial charge in [0.15, 0.2) is 0 Å². The number of aromatic nitrogens is 1. The minimum atomic E-state index is -1.34. The van der Waals surface area contributed by atoms with Gasteiger partial charge in [-0.2, -0.15) is 0 Å². The van der Waals surface area contributed by atoms with Gasteiger partial charge < -0.3 is 4.98 Å². The van der Waals surface area contributed by atoms with Crippen molar-refractivity contribution in [3.05, 3.63) is 30.1 Å². The van der Waals surface area contributed by atoms with E-state index in [4.69, 9.17) is 0 Å². The zero-order valence-electron chi connectivity index (χ0n) is 11.2. The fourth-order valence-electron chi connectivity index (χ4n) is 1.31. The Morgan fingerprint density at radius 1 is 1.25 bits per heavy atom. The fourth-order valence-corrected chi connectivity index (χ4v) is 2.59. The minimum Gasteiger partial charge on any atom is -0.337 e. The molecular formula is C13H24N2Si. The molecule has 0 atom stereocenters. The molecule has 1 heterocycles. The molecule has 2 nitrogen and oxygen atoms in total. The lowest BCUT2D eigenvalue weighted by atomic mass is 10.2. The van der Waals surface area contributed by atoms with Gasteiger partial charge in [0.25, 0.3) is 0 Å². The summed E-state index contributed by atoms with van der Waals surface area (Å²) >= 11 is 0. The SMILES string of the molecule is CC(C)(C)[Si](C)(C)NCCc1ccccn1. The van der Waals surface area contributed by atoms with E-state index in [-0.39, 0.29) is 0 Å². The highest BCUT2D eigenvalue weighted by Crippen LogP contribution is 2.33. The Morgan fingerprint density at radius 2 is 1.94 bits per heavy atom. The van der Waals surface area contributed by atoms with Crippen LogP contribution in [0, 0.1) is 0 Å². The summed E-state index contributed by atoms with van der Waals surface area (Å²) in [4.78, 5) is 8.08. The van der Waals surface area contributed by atoms with Gasteiger partial charge >= 0.3 is 0 Å². The summed E-state index contributed by atoms with van der Waals surface area (Å²) in [7, 11) is -1.34. The summed E-state index contributed by atoms with van der Waals surface area (Å²) in [6.45, 7) is 12.8. The van der Waals surface area contributed by atoms with E-state index in [9.17, 15) is 0 Å². The molecule has 1 rings (SSSR count). The van der Waals surface area contributed by atoms with Gasteiger partial charge in [0.2, 0.25) is 0 Å². The number of nitrogens with one attached hydrogen (secondary N) is 1. The summed E-state index contributed by atoms with van der Waals surface area (Å²) in [5.41, 5.74) is 1.17. The quantitative estimate of drug-likeness (QED) is 0.812. The lowest BCUT2D eigenvalue weighted by molar-refractivity contribution is 0.680.